The van der Waals surface area contributed by atoms with E-state index in [4.69, 9.17) is 14.5 Å². The molecule has 2 fully saturated rings. The summed E-state index contributed by atoms with van der Waals surface area (Å²) >= 11 is 0. The molecule has 2 aromatic heterocycles. The Labute approximate surface area is 312 Å². The summed E-state index contributed by atoms with van der Waals surface area (Å²) in [5.74, 6) is 1.97. The van der Waals surface area contributed by atoms with E-state index in [0.717, 1.165) is 75.5 Å². The van der Waals surface area contributed by atoms with E-state index < -0.39 is 0 Å². The molecule has 3 aromatic carbocycles. The van der Waals surface area contributed by atoms with Crippen LogP contribution >= 0.6 is 0 Å². The summed E-state index contributed by atoms with van der Waals surface area (Å²) in [6.07, 6.45) is 2.93. The number of amides is 1. The summed E-state index contributed by atoms with van der Waals surface area (Å²) in [6, 6.07) is 24.6. The first-order valence-electron chi connectivity index (χ1n) is 18.7. The predicted molar refractivity (Wildman–Crippen MR) is 209 cm³/mol. The number of carbonyl (C=O) groups excluding carboxylic acids is 1. The zero-order chi connectivity index (χ0) is 37.2. The van der Waals surface area contributed by atoms with Crippen LogP contribution in [0.2, 0.25) is 0 Å². The van der Waals surface area contributed by atoms with E-state index >= 15 is 0 Å². The van der Waals surface area contributed by atoms with E-state index in [2.05, 4.69) is 89.6 Å². The van der Waals surface area contributed by atoms with Gasteiger partial charge in [0, 0.05) is 56.9 Å². The van der Waals surface area contributed by atoms with Crippen LogP contribution in [0.3, 0.4) is 0 Å². The van der Waals surface area contributed by atoms with Gasteiger partial charge in [-0.1, -0.05) is 42.5 Å². The van der Waals surface area contributed by atoms with Crippen LogP contribution in [0.15, 0.2) is 72.8 Å². The number of anilines is 1. The maximum atomic E-state index is 14.1. The van der Waals surface area contributed by atoms with Crippen molar-refractivity contribution in [1.82, 2.24) is 44.9 Å². The number of aromatic amines is 1. The lowest BCUT2D eigenvalue weighted by atomic mass is 9.76. The van der Waals surface area contributed by atoms with Gasteiger partial charge in [0.15, 0.2) is 0 Å². The van der Waals surface area contributed by atoms with Gasteiger partial charge in [-0.15, -0.1) is 10.2 Å². The fraction of sp³-hybridized carbons (Fsp3) is 0.475. The summed E-state index contributed by atoms with van der Waals surface area (Å²) in [6.45, 7) is 10.3. The molecule has 0 aliphatic carbocycles. The molecule has 1 amide bonds. The number of tetrazole rings is 1. The molecular weight excluding hydrogens is 669 g/mol. The van der Waals surface area contributed by atoms with Crippen molar-refractivity contribution in [2.75, 3.05) is 92.2 Å². The minimum atomic E-state index is -0.144. The highest BCUT2D eigenvalue weighted by Gasteiger charge is 2.42. The molecule has 0 bridgehead atoms. The van der Waals surface area contributed by atoms with Crippen LogP contribution < -0.4 is 9.64 Å². The average molecular weight is 723 g/mol. The lowest BCUT2D eigenvalue weighted by Gasteiger charge is -2.33. The van der Waals surface area contributed by atoms with Crippen LogP contribution in [0.25, 0.3) is 22.4 Å². The van der Waals surface area contributed by atoms with Crippen molar-refractivity contribution >= 4 is 22.9 Å². The molecule has 1 unspecified atom stereocenters. The molecule has 1 N–H and O–H groups in total. The monoisotopic (exact) mass is 722 g/mol. The molecule has 0 saturated carbocycles. The summed E-state index contributed by atoms with van der Waals surface area (Å²) < 4.78 is 13.7. The van der Waals surface area contributed by atoms with E-state index in [-0.39, 0.29) is 11.3 Å². The van der Waals surface area contributed by atoms with Crippen molar-refractivity contribution in [2.24, 2.45) is 0 Å². The molecule has 0 spiro atoms. The van der Waals surface area contributed by atoms with Gasteiger partial charge in [0.1, 0.15) is 5.75 Å². The molecule has 2 saturated heterocycles. The van der Waals surface area contributed by atoms with Gasteiger partial charge in [0.2, 0.25) is 11.8 Å². The minimum absolute atomic E-state index is 0.0439. The molecule has 13 heteroatoms. The van der Waals surface area contributed by atoms with Gasteiger partial charge in [0.05, 0.1) is 30.3 Å². The summed E-state index contributed by atoms with van der Waals surface area (Å²) in [7, 11) is 7.59. The Balaban J connectivity index is 0.00000114. The molecule has 2 aliphatic rings. The Morgan fingerprint density at radius 1 is 0.943 bits per heavy atom. The second kappa shape index (κ2) is 17.8. The number of H-pyrrole nitrogens is 1. The number of nitrogens with one attached hydrogen (secondary N) is 1. The van der Waals surface area contributed by atoms with E-state index in [1.807, 2.05) is 50.0 Å². The lowest BCUT2D eigenvalue weighted by Crippen LogP contribution is -2.39. The van der Waals surface area contributed by atoms with E-state index in [9.17, 15) is 4.79 Å². The van der Waals surface area contributed by atoms with Crippen molar-refractivity contribution in [1.29, 1.82) is 0 Å². The minimum Gasteiger partial charge on any atom is -0.496 e. The molecule has 0 radical (unpaired) electrons. The Morgan fingerprint density at radius 3 is 2.49 bits per heavy atom. The highest BCUT2D eigenvalue weighted by molar-refractivity contribution is 5.98. The number of benzene rings is 3. The van der Waals surface area contributed by atoms with Crippen molar-refractivity contribution in [3.63, 3.8) is 0 Å². The number of rotatable bonds is 12. The Bertz CT molecular complexity index is 1890. The number of hydrogen-bond donors (Lipinski definition) is 1. The van der Waals surface area contributed by atoms with Gasteiger partial charge in [-0.05, 0) is 102 Å². The van der Waals surface area contributed by atoms with E-state index in [0.29, 0.717) is 49.0 Å². The number of aromatic nitrogens is 6. The van der Waals surface area contributed by atoms with Gasteiger partial charge in [-0.3, -0.25) is 4.79 Å². The molecule has 13 nitrogen and oxygen atoms in total. The summed E-state index contributed by atoms with van der Waals surface area (Å²) in [5, 5.41) is 14.4. The first-order chi connectivity index (χ1) is 25.8. The van der Waals surface area contributed by atoms with Crippen molar-refractivity contribution in [3.05, 3.63) is 83.9 Å². The fourth-order valence-electron chi connectivity index (χ4n) is 7.48. The Kier molecular flexibility index (Phi) is 12.7. The number of carbonyl (C=O) groups is 1. The van der Waals surface area contributed by atoms with Crippen molar-refractivity contribution in [3.8, 4) is 17.1 Å². The maximum absolute atomic E-state index is 14.1. The first-order valence-corrected chi connectivity index (χ1v) is 18.7. The molecule has 1 atom stereocenters. The second-order valence-electron chi connectivity index (χ2n) is 14.3. The number of hydrogen-bond acceptors (Lipinski definition) is 10. The van der Waals surface area contributed by atoms with Gasteiger partial charge in [-0.25, -0.2) is 4.98 Å². The van der Waals surface area contributed by atoms with Crippen LogP contribution in [-0.4, -0.2) is 138 Å². The molecule has 53 heavy (non-hydrogen) atoms. The molecule has 4 heterocycles. The van der Waals surface area contributed by atoms with Gasteiger partial charge >= 0.3 is 0 Å². The number of ether oxygens (including phenoxy) is 2. The SMILES string of the molecule is CCOCCn1c(N2CCCN(CCC3(c4ccccc4)CCN(C(=O)c4cc(-c5nn[nH]n5)ccc4OC)C3)CC2)nc2ccccc21.CN(C)C. The highest BCUT2D eigenvalue weighted by atomic mass is 16.5. The lowest BCUT2D eigenvalue weighted by molar-refractivity contribution is 0.0777. The highest BCUT2D eigenvalue weighted by Crippen LogP contribution is 2.39. The molecular formula is C40H54N10O3. The Morgan fingerprint density at radius 2 is 1.74 bits per heavy atom. The first kappa shape index (κ1) is 37.9. The van der Waals surface area contributed by atoms with E-state index in [1.165, 1.54) is 5.56 Å². The van der Waals surface area contributed by atoms with Crippen LogP contribution in [0.4, 0.5) is 5.95 Å². The molecule has 282 valence electrons. The largest absolute Gasteiger partial charge is 0.496 e. The smallest absolute Gasteiger partial charge is 0.257 e. The van der Waals surface area contributed by atoms with Crippen LogP contribution in [0, 0.1) is 0 Å². The Hall–Kier alpha value is -4.85. The normalized spacial score (nSPS) is 17.9. The maximum Gasteiger partial charge on any atom is 0.257 e. The topological polar surface area (TPSA) is 121 Å². The number of fused-ring (bicyclic) bond motifs is 1. The summed E-state index contributed by atoms with van der Waals surface area (Å²) in [5.41, 5.74) is 4.55. The molecule has 2 aliphatic heterocycles. The number of nitrogens with zero attached hydrogens (tertiary/aromatic N) is 9. The third-order valence-electron chi connectivity index (χ3n) is 10.1. The summed E-state index contributed by atoms with van der Waals surface area (Å²) in [4.78, 5) is 28.2. The van der Waals surface area contributed by atoms with Crippen molar-refractivity contribution in [2.45, 2.75) is 38.1 Å². The van der Waals surface area contributed by atoms with Gasteiger partial charge in [0.25, 0.3) is 5.91 Å². The van der Waals surface area contributed by atoms with Crippen LogP contribution in [0.1, 0.15) is 42.1 Å². The standard InChI is InChI=1S/C37H45N9O3.C3H9N/c1-3-49-25-24-46-32-13-8-7-12-31(32)38-36(46)44-19-9-18-43(22-23-44)20-16-37(29-10-5-4-6-11-29)17-21-45(27-37)35(47)30-26-28(14-15-33(30)48-2)34-39-41-42-40-34;1-4(2)3/h4-8,10-15,26H,3,9,16-25,27H2,1-2H3,(H,39,40,41,42);1-3H3. The zero-order valence-corrected chi connectivity index (χ0v) is 31.9. The van der Waals surface area contributed by atoms with Gasteiger partial charge in [-0.2, -0.15) is 5.21 Å². The fourth-order valence-corrected chi connectivity index (χ4v) is 7.48. The quantitative estimate of drug-likeness (QED) is 0.180. The van der Waals surface area contributed by atoms with Crippen molar-refractivity contribution < 1.29 is 14.3 Å². The van der Waals surface area contributed by atoms with Crippen LogP contribution in [0.5, 0.6) is 5.75 Å². The number of likely N-dealkylation sites (tertiary alicyclic amines) is 1. The second-order valence-corrected chi connectivity index (χ2v) is 14.3. The number of imidazole rings is 1. The third kappa shape index (κ3) is 9.03. The molecule has 7 rings (SSSR count). The molecule has 5 aromatic rings. The zero-order valence-electron chi connectivity index (χ0n) is 31.9. The van der Waals surface area contributed by atoms with Crippen LogP contribution in [-0.2, 0) is 16.7 Å². The average Bonchev–Trinajstić information content (AvgIpc) is 3.91. The number of para-hydroxylation sites is 2. The van der Waals surface area contributed by atoms with Gasteiger partial charge < -0.3 is 33.6 Å². The number of methoxy groups -OCH3 is 1. The van der Waals surface area contributed by atoms with E-state index in [1.54, 1.807) is 13.2 Å². The predicted octanol–water partition coefficient (Wildman–Crippen LogP) is 4.83. The third-order valence-corrected chi connectivity index (χ3v) is 10.1.